The zero-order valence-corrected chi connectivity index (χ0v) is 28.9. The molecule has 2 aromatic carbocycles. The van der Waals surface area contributed by atoms with Crippen molar-refractivity contribution in [1.82, 2.24) is 14.7 Å². The molecular weight excluding hydrogens is 648 g/mol. The summed E-state index contributed by atoms with van der Waals surface area (Å²) in [4.78, 5) is 60.1. The van der Waals surface area contributed by atoms with Gasteiger partial charge in [-0.3, -0.25) is 28.8 Å². The number of benzene rings is 2. The van der Waals surface area contributed by atoms with Crippen LogP contribution in [0.4, 0.5) is 5.82 Å². The third-order valence-corrected chi connectivity index (χ3v) is 13.0. The van der Waals surface area contributed by atoms with E-state index < -0.39 is 35.0 Å². The molecule has 2 aliphatic carbocycles. The van der Waals surface area contributed by atoms with Crippen molar-refractivity contribution in [2.24, 2.45) is 36.1 Å². The Morgan fingerprint density at radius 2 is 1.81 bits per heavy atom. The van der Waals surface area contributed by atoms with Crippen LogP contribution < -0.4 is 4.90 Å². The first-order valence-electron chi connectivity index (χ1n) is 16.3. The van der Waals surface area contributed by atoms with Crippen molar-refractivity contribution in [1.29, 1.82) is 0 Å². The topological polar surface area (TPSA) is 113 Å². The number of phenolic OH excluding ortho intramolecular Hbond substituents is 1. The summed E-state index contributed by atoms with van der Waals surface area (Å²) >= 11 is 7.87. The van der Waals surface area contributed by atoms with E-state index in [1.807, 2.05) is 50.3 Å². The number of likely N-dealkylation sites (tertiary alicyclic amines) is 1. The van der Waals surface area contributed by atoms with E-state index >= 15 is 0 Å². The van der Waals surface area contributed by atoms with E-state index in [0.29, 0.717) is 34.1 Å². The van der Waals surface area contributed by atoms with Crippen LogP contribution in [0.15, 0.2) is 54.1 Å². The van der Waals surface area contributed by atoms with Crippen LogP contribution in [-0.2, 0) is 26.2 Å². The minimum atomic E-state index is -1.26. The fourth-order valence-corrected chi connectivity index (χ4v) is 10.4. The predicted octanol–water partition coefficient (Wildman–Crippen LogP) is 6.53. The van der Waals surface area contributed by atoms with Crippen LogP contribution in [-0.4, -0.2) is 50.0 Å². The molecule has 2 saturated heterocycles. The largest absolute Gasteiger partial charge is 0.507 e. The first-order valence-corrected chi connectivity index (χ1v) is 17.5. The third-order valence-electron chi connectivity index (χ3n) is 11.5. The van der Waals surface area contributed by atoms with E-state index in [2.05, 4.69) is 0 Å². The van der Waals surface area contributed by atoms with Crippen molar-refractivity contribution < 1.29 is 24.3 Å². The summed E-state index contributed by atoms with van der Waals surface area (Å²) in [6.45, 7) is 7.72. The van der Waals surface area contributed by atoms with E-state index in [4.69, 9.17) is 16.7 Å². The maximum Gasteiger partial charge on any atom is 0.242 e. The van der Waals surface area contributed by atoms with Crippen molar-refractivity contribution in [2.45, 2.75) is 46.5 Å². The monoisotopic (exact) mass is 682 g/mol. The maximum atomic E-state index is 14.9. The smallest absolute Gasteiger partial charge is 0.242 e. The maximum absolute atomic E-state index is 14.9. The minimum absolute atomic E-state index is 0.0667. The summed E-state index contributed by atoms with van der Waals surface area (Å²) in [5.41, 5.74) is 2.45. The number of carbonyl (C=O) groups is 4. The molecule has 48 heavy (non-hydrogen) atoms. The van der Waals surface area contributed by atoms with Gasteiger partial charge in [0.15, 0.2) is 0 Å². The summed E-state index contributed by atoms with van der Waals surface area (Å²) < 4.78 is 2.63. The Morgan fingerprint density at radius 3 is 2.56 bits per heavy atom. The number of halogens is 1. The van der Waals surface area contributed by atoms with Crippen molar-refractivity contribution in [3.8, 4) is 16.3 Å². The lowest BCUT2D eigenvalue weighted by atomic mass is 9.51. The highest BCUT2D eigenvalue weighted by Crippen LogP contribution is 2.64. The zero-order chi connectivity index (χ0) is 34.0. The predicted molar refractivity (Wildman–Crippen MR) is 184 cm³/mol. The molecule has 2 aliphatic heterocycles. The van der Waals surface area contributed by atoms with Crippen LogP contribution >= 0.6 is 22.9 Å². The quantitative estimate of drug-likeness (QED) is 0.194. The van der Waals surface area contributed by atoms with E-state index in [9.17, 15) is 24.3 Å². The number of phenols is 1. The number of hydrogen-bond acceptors (Lipinski definition) is 7. The van der Waals surface area contributed by atoms with E-state index in [1.54, 1.807) is 49.0 Å². The molecule has 0 bridgehead atoms. The molecule has 4 heterocycles. The highest BCUT2D eigenvalue weighted by atomic mass is 35.5. The molecule has 6 unspecified atom stereocenters. The molecule has 1 N–H and O–H groups in total. The number of aryl methyl sites for hydroxylation is 3. The molecule has 9 nitrogen and oxygen atoms in total. The second kappa shape index (κ2) is 10.6. The van der Waals surface area contributed by atoms with Crippen LogP contribution in [0.2, 0.25) is 5.02 Å². The van der Waals surface area contributed by atoms with Crippen LogP contribution in [0.1, 0.15) is 49.3 Å². The number of thiophene rings is 1. The number of anilines is 1. The minimum Gasteiger partial charge on any atom is -0.507 e. The summed E-state index contributed by atoms with van der Waals surface area (Å²) in [6.07, 6.45) is 2.63. The number of rotatable bonds is 4. The van der Waals surface area contributed by atoms with Crippen molar-refractivity contribution in [2.75, 3.05) is 11.4 Å². The average Bonchev–Trinajstić information content (AvgIpc) is 3.72. The van der Waals surface area contributed by atoms with Gasteiger partial charge >= 0.3 is 0 Å². The normalized spacial score (nSPS) is 28.3. The van der Waals surface area contributed by atoms with Crippen LogP contribution in [0.3, 0.4) is 0 Å². The summed E-state index contributed by atoms with van der Waals surface area (Å²) in [5.74, 6) is -3.70. The molecule has 0 spiro atoms. The number of para-hydroxylation sites is 1. The third kappa shape index (κ3) is 3.99. The first kappa shape index (κ1) is 31.0. The highest BCUT2D eigenvalue weighted by molar-refractivity contribution is 7.22. The Morgan fingerprint density at radius 1 is 1.04 bits per heavy atom. The lowest BCUT2D eigenvalue weighted by molar-refractivity contribution is -0.140. The molecule has 2 aromatic heterocycles. The van der Waals surface area contributed by atoms with Gasteiger partial charge in [-0.25, -0.2) is 4.90 Å². The van der Waals surface area contributed by atoms with Gasteiger partial charge in [0.05, 0.1) is 28.0 Å². The molecule has 1 saturated carbocycles. The van der Waals surface area contributed by atoms with Crippen molar-refractivity contribution >= 4 is 62.5 Å². The van der Waals surface area contributed by atoms with Gasteiger partial charge in [0.1, 0.15) is 17.3 Å². The van der Waals surface area contributed by atoms with Gasteiger partial charge in [0.2, 0.25) is 23.6 Å². The number of nitrogens with zero attached hydrogens (tertiary/aromatic N) is 4. The molecular formula is C37H35ClN4O5S. The van der Waals surface area contributed by atoms with Gasteiger partial charge in [-0.1, -0.05) is 41.4 Å². The average molecular weight is 683 g/mol. The van der Waals surface area contributed by atoms with Gasteiger partial charge in [-0.15, -0.1) is 11.3 Å². The molecule has 4 amide bonds. The standard InChI is InChI=1S/C37H35ClN4O5S/c1-6-41-33(44)21-12-11-20-24(29(21)35(41)46)15-25-34(45)42(36(47)37(25,4)30(20)22-9-7-8-17(2)31(22)43)28-16-26(39-40(28)5)32-18(3)23-14-19(38)10-13-27(23)48-32/h7-11,13-14,16,21,24-25,29-30,43H,6,12,15H2,1-5H3. The van der Waals surface area contributed by atoms with Gasteiger partial charge in [-0.2, -0.15) is 5.10 Å². The van der Waals surface area contributed by atoms with Gasteiger partial charge in [0, 0.05) is 40.9 Å². The molecule has 6 atom stereocenters. The Kier molecular flexibility index (Phi) is 6.85. The highest BCUT2D eigenvalue weighted by Gasteiger charge is 2.68. The van der Waals surface area contributed by atoms with Crippen LogP contribution in [0, 0.1) is 42.9 Å². The Hall–Kier alpha value is -4.28. The van der Waals surface area contributed by atoms with Crippen LogP contribution in [0.5, 0.6) is 5.75 Å². The molecule has 4 aliphatic rings. The lowest BCUT2D eigenvalue weighted by Gasteiger charge is -2.49. The van der Waals surface area contributed by atoms with Gasteiger partial charge in [-0.05, 0) is 81.2 Å². The van der Waals surface area contributed by atoms with Crippen molar-refractivity contribution in [3.63, 3.8) is 0 Å². The summed E-state index contributed by atoms with van der Waals surface area (Å²) in [7, 11) is 1.72. The fourth-order valence-electron chi connectivity index (χ4n) is 9.08. The fraction of sp³-hybridized carbons (Fsp3) is 0.378. The number of aromatic nitrogens is 2. The second-order valence-electron chi connectivity index (χ2n) is 13.8. The Balaban J connectivity index is 1.26. The number of amides is 4. The van der Waals surface area contributed by atoms with Gasteiger partial charge < -0.3 is 5.11 Å². The Bertz CT molecular complexity index is 2150. The SMILES string of the molecule is CCN1C(=O)C2CC=C3C(CC4C(=O)N(c5cc(-c6sc7ccc(Cl)cc7c6C)nn5C)C(=O)C4(C)C3c3cccc(C)c3O)C2C1=O. The number of aromatic hydroxyl groups is 1. The van der Waals surface area contributed by atoms with E-state index in [1.165, 1.54) is 9.80 Å². The molecule has 4 aromatic rings. The van der Waals surface area contributed by atoms with E-state index in [-0.39, 0.29) is 42.3 Å². The van der Waals surface area contributed by atoms with Crippen LogP contribution in [0.25, 0.3) is 20.7 Å². The molecule has 3 fully saturated rings. The molecule has 0 radical (unpaired) electrons. The number of imide groups is 2. The number of carbonyl (C=O) groups excluding carboxylic acids is 4. The van der Waals surface area contributed by atoms with E-state index in [0.717, 1.165) is 26.1 Å². The molecule has 246 valence electrons. The molecule has 11 heteroatoms. The number of hydrogen-bond donors (Lipinski definition) is 1. The summed E-state index contributed by atoms with van der Waals surface area (Å²) in [5, 5.41) is 17.9. The van der Waals surface area contributed by atoms with Gasteiger partial charge in [0.25, 0.3) is 0 Å². The molecule has 8 rings (SSSR count). The van der Waals surface area contributed by atoms with Crippen molar-refractivity contribution in [3.05, 3.63) is 75.8 Å². The first-order chi connectivity index (χ1) is 22.9. The summed E-state index contributed by atoms with van der Waals surface area (Å²) in [6, 6.07) is 13.0. The Labute approximate surface area is 286 Å². The lowest BCUT2D eigenvalue weighted by Crippen LogP contribution is -2.49. The number of fused-ring (bicyclic) bond motifs is 5. The zero-order valence-electron chi connectivity index (χ0n) is 27.3. The second-order valence-corrected chi connectivity index (χ2v) is 15.3. The number of allylic oxidation sites excluding steroid dienone is 2.